The van der Waals surface area contributed by atoms with Gasteiger partial charge >= 0.3 is 0 Å². The van der Waals surface area contributed by atoms with Crippen LogP contribution in [0.5, 0.6) is 11.5 Å². The number of nitrogens with zero attached hydrogens (tertiary/aromatic N) is 1. The van der Waals surface area contributed by atoms with Crippen molar-refractivity contribution in [2.45, 2.75) is 12.8 Å². The summed E-state index contributed by atoms with van der Waals surface area (Å²) in [5, 5.41) is 3.67. The van der Waals surface area contributed by atoms with Crippen molar-refractivity contribution in [3.8, 4) is 11.5 Å². The molecule has 1 aliphatic rings. The second-order valence-corrected chi connectivity index (χ2v) is 7.12. The predicted octanol–water partition coefficient (Wildman–Crippen LogP) is 3.72. The lowest BCUT2D eigenvalue weighted by Gasteiger charge is -2.14. The molecule has 29 heavy (non-hydrogen) atoms. The van der Waals surface area contributed by atoms with Gasteiger partial charge in [-0.2, -0.15) is 0 Å². The van der Waals surface area contributed by atoms with Crippen molar-refractivity contribution >= 4 is 16.9 Å². The Balaban J connectivity index is 1.26. The molecule has 1 saturated heterocycles. The Hall–Kier alpha value is -2.99. The molecule has 0 saturated carbocycles. The lowest BCUT2D eigenvalue weighted by Crippen LogP contribution is -2.27. The van der Waals surface area contributed by atoms with Gasteiger partial charge in [-0.25, -0.2) is 0 Å². The maximum absolute atomic E-state index is 12.3. The fraction of sp³-hybridized carbons (Fsp3) is 0.348. The standard InChI is InChI=1S/C23H26N2O4/c26-23(24-10-14-27-19-6-2-1-3-7-19)22-17-18-16-20(8-9-21(18)29-22)28-15-13-25-11-4-5-12-25/h1-3,6-9,16-17H,4-5,10-15H2,(H,24,26). The number of amides is 1. The number of nitrogens with one attached hydrogen (secondary N) is 1. The Morgan fingerprint density at radius 2 is 1.76 bits per heavy atom. The monoisotopic (exact) mass is 394 g/mol. The predicted molar refractivity (Wildman–Crippen MR) is 112 cm³/mol. The molecule has 1 N–H and O–H groups in total. The highest BCUT2D eigenvalue weighted by molar-refractivity contribution is 5.96. The van der Waals surface area contributed by atoms with Crippen LogP contribution in [0.1, 0.15) is 23.4 Å². The van der Waals surface area contributed by atoms with Gasteiger partial charge in [0.2, 0.25) is 0 Å². The van der Waals surface area contributed by atoms with Crippen molar-refractivity contribution < 1.29 is 18.7 Å². The van der Waals surface area contributed by atoms with Gasteiger partial charge in [0.25, 0.3) is 5.91 Å². The summed E-state index contributed by atoms with van der Waals surface area (Å²) in [7, 11) is 0. The van der Waals surface area contributed by atoms with Crippen LogP contribution in [0.25, 0.3) is 11.0 Å². The molecule has 0 spiro atoms. The number of rotatable bonds is 9. The number of ether oxygens (including phenoxy) is 2. The summed E-state index contributed by atoms with van der Waals surface area (Å²) in [4.78, 5) is 14.7. The molecule has 1 fully saturated rings. The molecule has 3 aromatic rings. The number of hydrogen-bond acceptors (Lipinski definition) is 5. The van der Waals surface area contributed by atoms with Crippen molar-refractivity contribution in [1.29, 1.82) is 0 Å². The first-order valence-corrected chi connectivity index (χ1v) is 10.1. The molecule has 152 valence electrons. The summed E-state index contributed by atoms with van der Waals surface area (Å²) in [5.74, 6) is 1.60. The van der Waals surface area contributed by atoms with Gasteiger partial charge in [0.05, 0.1) is 6.54 Å². The van der Waals surface area contributed by atoms with E-state index >= 15 is 0 Å². The Labute approximate surface area is 170 Å². The smallest absolute Gasteiger partial charge is 0.287 e. The van der Waals surface area contributed by atoms with Crippen molar-refractivity contribution in [1.82, 2.24) is 10.2 Å². The van der Waals surface area contributed by atoms with Crippen molar-refractivity contribution in [2.24, 2.45) is 0 Å². The first-order chi connectivity index (χ1) is 14.3. The molecular weight excluding hydrogens is 368 g/mol. The zero-order valence-electron chi connectivity index (χ0n) is 16.4. The Morgan fingerprint density at radius 1 is 0.966 bits per heavy atom. The Kier molecular flexibility index (Phi) is 6.32. The molecule has 1 amide bonds. The quantitative estimate of drug-likeness (QED) is 0.561. The van der Waals surface area contributed by atoms with Crippen LogP contribution in [0.3, 0.4) is 0 Å². The second kappa shape index (κ2) is 9.47. The number of furan rings is 1. The maximum Gasteiger partial charge on any atom is 0.287 e. The Bertz CT molecular complexity index is 932. The van der Waals surface area contributed by atoms with Crippen molar-refractivity contribution in [3.63, 3.8) is 0 Å². The van der Waals surface area contributed by atoms with Crippen molar-refractivity contribution in [2.75, 3.05) is 39.4 Å². The molecule has 2 aromatic carbocycles. The van der Waals surface area contributed by atoms with E-state index in [-0.39, 0.29) is 11.7 Å². The number of carbonyl (C=O) groups is 1. The van der Waals surface area contributed by atoms with Crippen LogP contribution in [0.15, 0.2) is 59.0 Å². The topological polar surface area (TPSA) is 63.9 Å². The number of carbonyl (C=O) groups excluding carboxylic acids is 1. The van der Waals surface area contributed by atoms with Crippen LogP contribution < -0.4 is 14.8 Å². The summed E-state index contributed by atoms with van der Waals surface area (Å²) < 4.78 is 17.1. The molecule has 1 aliphatic heterocycles. The van der Waals surface area contributed by atoms with E-state index in [0.717, 1.165) is 23.4 Å². The lowest BCUT2D eigenvalue weighted by atomic mass is 10.2. The number of hydrogen-bond donors (Lipinski definition) is 1. The Morgan fingerprint density at radius 3 is 2.59 bits per heavy atom. The van der Waals surface area contributed by atoms with E-state index in [1.54, 1.807) is 6.07 Å². The first-order valence-electron chi connectivity index (χ1n) is 10.1. The van der Waals surface area contributed by atoms with Crippen LogP contribution in [0.2, 0.25) is 0 Å². The summed E-state index contributed by atoms with van der Waals surface area (Å²) >= 11 is 0. The highest BCUT2D eigenvalue weighted by Crippen LogP contribution is 2.24. The molecule has 0 atom stereocenters. The minimum absolute atomic E-state index is 0.255. The molecule has 0 radical (unpaired) electrons. The minimum Gasteiger partial charge on any atom is -0.492 e. The number of likely N-dealkylation sites (tertiary alicyclic amines) is 1. The van der Waals surface area contributed by atoms with Crippen LogP contribution in [0.4, 0.5) is 0 Å². The van der Waals surface area contributed by atoms with Crippen molar-refractivity contribution in [3.05, 3.63) is 60.4 Å². The summed E-state index contributed by atoms with van der Waals surface area (Å²) in [6.07, 6.45) is 2.56. The highest BCUT2D eigenvalue weighted by Gasteiger charge is 2.13. The van der Waals surface area contributed by atoms with Crippen LogP contribution in [0, 0.1) is 0 Å². The third-order valence-electron chi connectivity index (χ3n) is 4.99. The number of para-hydroxylation sites is 1. The van der Waals surface area contributed by atoms with E-state index in [2.05, 4.69) is 10.2 Å². The van der Waals surface area contributed by atoms with Gasteiger partial charge in [-0.15, -0.1) is 0 Å². The highest BCUT2D eigenvalue weighted by atomic mass is 16.5. The summed E-state index contributed by atoms with van der Waals surface area (Å²) in [5.41, 5.74) is 0.669. The van der Waals surface area contributed by atoms with Crippen LogP contribution in [-0.2, 0) is 0 Å². The summed E-state index contributed by atoms with van der Waals surface area (Å²) in [6.45, 7) is 4.73. The molecular formula is C23H26N2O4. The van der Waals surface area contributed by atoms with Gasteiger partial charge in [-0.05, 0) is 62.3 Å². The van der Waals surface area contributed by atoms with E-state index in [1.165, 1.54) is 25.9 Å². The van der Waals surface area contributed by atoms with Gasteiger partial charge in [-0.3, -0.25) is 9.69 Å². The van der Waals surface area contributed by atoms with E-state index in [1.807, 2.05) is 48.5 Å². The zero-order chi connectivity index (χ0) is 19.9. The average Bonchev–Trinajstić information content (AvgIpc) is 3.41. The molecule has 0 unspecified atom stereocenters. The van der Waals surface area contributed by atoms with E-state index in [4.69, 9.17) is 13.9 Å². The van der Waals surface area contributed by atoms with Crippen LogP contribution >= 0.6 is 0 Å². The third-order valence-corrected chi connectivity index (χ3v) is 4.99. The lowest BCUT2D eigenvalue weighted by molar-refractivity contribution is 0.0921. The molecule has 4 rings (SSSR count). The third kappa shape index (κ3) is 5.29. The largest absolute Gasteiger partial charge is 0.492 e. The first kappa shape index (κ1) is 19.3. The molecule has 0 aliphatic carbocycles. The zero-order valence-corrected chi connectivity index (χ0v) is 16.4. The average molecular weight is 394 g/mol. The fourth-order valence-corrected chi connectivity index (χ4v) is 3.46. The van der Waals surface area contributed by atoms with Gasteiger partial charge in [0, 0.05) is 11.9 Å². The van der Waals surface area contributed by atoms with E-state index in [0.29, 0.717) is 25.3 Å². The fourth-order valence-electron chi connectivity index (χ4n) is 3.46. The number of fused-ring (bicyclic) bond motifs is 1. The summed E-state index contributed by atoms with van der Waals surface area (Å²) in [6, 6.07) is 16.9. The molecule has 0 bridgehead atoms. The molecule has 2 heterocycles. The van der Waals surface area contributed by atoms with Gasteiger partial charge in [-0.1, -0.05) is 18.2 Å². The SMILES string of the molecule is O=C(NCCOc1ccccc1)c1cc2cc(OCCN3CCCC3)ccc2o1. The molecule has 1 aromatic heterocycles. The number of benzene rings is 2. The van der Waals surface area contributed by atoms with Crippen LogP contribution in [-0.4, -0.2) is 50.2 Å². The van der Waals surface area contributed by atoms with Gasteiger partial charge in [0.1, 0.15) is 30.3 Å². The second-order valence-electron chi connectivity index (χ2n) is 7.12. The van der Waals surface area contributed by atoms with Gasteiger partial charge < -0.3 is 19.2 Å². The molecule has 6 heteroatoms. The van der Waals surface area contributed by atoms with E-state index < -0.39 is 0 Å². The van der Waals surface area contributed by atoms with E-state index in [9.17, 15) is 4.79 Å². The van der Waals surface area contributed by atoms with Gasteiger partial charge in [0.15, 0.2) is 5.76 Å². The maximum atomic E-state index is 12.3. The minimum atomic E-state index is -0.255. The normalized spacial score (nSPS) is 14.2. The molecule has 6 nitrogen and oxygen atoms in total.